The number of esters is 2. The van der Waals surface area contributed by atoms with Gasteiger partial charge < -0.3 is 39.9 Å². The maximum Gasteiger partial charge on any atom is 0.472 e. The molecule has 0 aromatic carbocycles. The van der Waals surface area contributed by atoms with Crippen molar-refractivity contribution in [2.24, 2.45) is 0 Å². The van der Waals surface area contributed by atoms with E-state index in [4.69, 9.17) is 18.5 Å². The van der Waals surface area contributed by atoms with Crippen LogP contribution in [0.3, 0.4) is 0 Å². The largest absolute Gasteiger partial charge is 0.472 e. The minimum Gasteiger partial charge on any atom is -0.462 e. The third kappa shape index (κ3) is 28.1. The number of aliphatic hydroxyl groups excluding tert-OH is 5. The Morgan fingerprint density at radius 2 is 0.966 bits per heavy atom. The second-order valence-corrected chi connectivity index (χ2v) is 16.9. The number of allylic oxidation sites excluding steroid dienone is 8. The number of carbonyl (C=O) groups excluding carboxylic acids is 2. The number of unbranched alkanes of at least 4 members (excludes halogenated alkanes) is 16. The lowest BCUT2D eigenvalue weighted by atomic mass is 9.85. The van der Waals surface area contributed by atoms with Crippen LogP contribution in [0.1, 0.15) is 168 Å². The van der Waals surface area contributed by atoms with E-state index in [0.29, 0.717) is 12.8 Å². The molecule has 0 spiro atoms. The first-order valence-corrected chi connectivity index (χ1v) is 23.9. The van der Waals surface area contributed by atoms with E-state index in [9.17, 15) is 44.6 Å². The van der Waals surface area contributed by atoms with Gasteiger partial charge >= 0.3 is 19.8 Å². The summed E-state index contributed by atoms with van der Waals surface area (Å²) in [5.41, 5.74) is 0. The SMILES string of the molecule is CC/C=C\C/C=C\C/C=C\CCCCCCCC(=O)O[C@H](COC(=O)CCCCCCC/C=C\CCCCCCCC)COP(=O)(O)OC1C(O)C(O)C(O)[C@@H](O)C1O. The summed E-state index contributed by atoms with van der Waals surface area (Å²) in [6, 6.07) is 0. The van der Waals surface area contributed by atoms with Crippen molar-refractivity contribution in [2.75, 3.05) is 13.2 Å². The monoisotopic (exact) mass is 859 g/mol. The molecule has 0 amide bonds. The smallest absolute Gasteiger partial charge is 0.462 e. The van der Waals surface area contributed by atoms with Crippen LogP contribution < -0.4 is 0 Å². The second kappa shape index (κ2) is 35.4. The minimum absolute atomic E-state index is 0.0743. The van der Waals surface area contributed by atoms with Gasteiger partial charge in [-0.25, -0.2) is 4.57 Å². The summed E-state index contributed by atoms with van der Waals surface area (Å²) in [5.74, 6) is -1.13. The standard InChI is InChI=1S/C45H79O13P/c1-3-5-7-9-11-13-15-17-19-21-23-25-27-29-31-33-38(46)55-35-37(36-56-59(53,54)58-45-43(51)41(49)40(48)42(50)44(45)52)57-39(47)34-32-30-28-26-24-22-20-18-16-14-12-10-8-6-4-2/h6,8,12,14,17-20,37,40-45,48-52H,3-5,7,9-11,13,15-16,21-36H2,1-2H3,(H,53,54)/b8-6-,14-12-,19-17-,20-18-/t37-,40?,41-,42?,43?,44?,45?/m1/s1. The summed E-state index contributed by atoms with van der Waals surface area (Å²) in [4.78, 5) is 35.6. The van der Waals surface area contributed by atoms with Crippen molar-refractivity contribution in [2.45, 2.75) is 211 Å². The lowest BCUT2D eigenvalue weighted by Crippen LogP contribution is -2.64. The van der Waals surface area contributed by atoms with Crippen molar-refractivity contribution in [1.82, 2.24) is 0 Å². The lowest BCUT2D eigenvalue weighted by Gasteiger charge is -2.41. The van der Waals surface area contributed by atoms with Gasteiger partial charge in [-0.3, -0.25) is 18.6 Å². The van der Waals surface area contributed by atoms with E-state index in [2.05, 4.69) is 62.5 Å². The highest BCUT2D eigenvalue weighted by atomic mass is 31.2. The van der Waals surface area contributed by atoms with Gasteiger partial charge in [0.1, 0.15) is 43.2 Å². The van der Waals surface area contributed by atoms with Crippen LogP contribution in [0.5, 0.6) is 0 Å². The number of rotatable bonds is 36. The molecule has 0 radical (unpaired) electrons. The van der Waals surface area contributed by atoms with E-state index in [-0.39, 0.29) is 12.8 Å². The minimum atomic E-state index is -5.12. The van der Waals surface area contributed by atoms with E-state index in [0.717, 1.165) is 89.9 Å². The van der Waals surface area contributed by atoms with Gasteiger partial charge in [-0.05, 0) is 70.6 Å². The fourth-order valence-corrected chi connectivity index (χ4v) is 7.50. The van der Waals surface area contributed by atoms with Gasteiger partial charge in [-0.1, -0.05) is 133 Å². The molecule has 8 atom stereocenters. The molecule has 6 unspecified atom stereocenters. The van der Waals surface area contributed by atoms with Gasteiger partial charge in [0.05, 0.1) is 6.61 Å². The van der Waals surface area contributed by atoms with Crippen LogP contribution in [-0.4, -0.2) is 98.3 Å². The zero-order chi connectivity index (χ0) is 43.6. The molecular weight excluding hydrogens is 779 g/mol. The van der Waals surface area contributed by atoms with E-state index < -0.39 is 75.7 Å². The molecule has 1 aliphatic rings. The van der Waals surface area contributed by atoms with Crippen molar-refractivity contribution in [1.29, 1.82) is 0 Å². The van der Waals surface area contributed by atoms with Crippen molar-refractivity contribution in [3.63, 3.8) is 0 Å². The van der Waals surface area contributed by atoms with E-state index in [1.807, 2.05) is 0 Å². The maximum absolute atomic E-state index is 12.8. The molecule has 1 saturated carbocycles. The highest BCUT2D eigenvalue weighted by Gasteiger charge is 2.51. The van der Waals surface area contributed by atoms with Crippen LogP contribution in [0.4, 0.5) is 0 Å². The Bertz CT molecular complexity index is 1220. The predicted octanol–water partition coefficient (Wildman–Crippen LogP) is 8.39. The summed E-state index contributed by atoms with van der Waals surface area (Å²) < 4.78 is 33.5. The van der Waals surface area contributed by atoms with Crippen LogP contribution in [0, 0.1) is 0 Å². The molecule has 0 saturated heterocycles. The molecule has 0 aromatic heterocycles. The molecule has 13 nitrogen and oxygen atoms in total. The highest BCUT2D eigenvalue weighted by molar-refractivity contribution is 7.47. The Kier molecular flexibility index (Phi) is 32.9. The fourth-order valence-electron chi connectivity index (χ4n) is 6.53. The Morgan fingerprint density at radius 1 is 0.542 bits per heavy atom. The Balaban J connectivity index is 2.49. The van der Waals surface area contributed by atoms with Gasteiger partial charge in [-0.15, -0.1) is 0 Å². The van der Waals surface area contributed by atoms with Crippen LogP contribution in [0.25, 0.3) is 0 Å². The van der Waals surface area contributed by atoms with Crippen molar-refractivity contribution < 1.29 is 63.1 Å². The number of ether oxygens (including phenoxy) is 2. The van der Waals surface area contributed by atoms with Crippen molar-refractivity contribution >= 4 is 19.8 Å². The van der Waals surface area contributed by atoms with Gasteiger partial charge in [0, 0.05) is 12.8 Å². The topological polar surface area (TPSA) is 210 Å². The summed E-state index contributed by atoms with van der Waals surface area (Å²) in [6.45, 7) is 3.15. The highest BCUT2D eigenvalue weighted by Crippen LogP contribution is 2.47. The molecule has 0 bridgehead atoms. The summed E-state index contributed by atoms with van der Waals surface area (Å²) in [6.07, 6.45) is 27.4. The molecule has 1 aliphatic carbocycles. The fraction of sp³-hybridized carbons (Fsp3) is 0.778. The summed E-state index contributed by atoms with van der Waals surface area (Å²) >= 11 is 0. The Labute approximate surface area is 354 Å². The number of aliphatic hydroxyl groups is 5. The molecule has 59 heavy (non-hydrogen) atoms. The average molecular weight is 859 g/mol. The van der Waals surface area contributed by atoms with Gasteiger partial charge in [0.25, 0.3) is 0 Å². The molecule has 6 N–H and O–H groups in total. The van der Waals surface area contributed by atoms with Crippen molar-refractivity contribution in [3.8, 4) is 0 Å². The van der Waals surface area contributed by atoms with Crippen LogP contribution in [0.2, 0.25) is 0 Å². The number of carbonyl (C=O) groups is 2. The zero-order valence-electron chi connectivity index (χ0n) is 36.0. The summed E-state index contributed by atoms with van der Waals surface area (Å²) in [5, 5.41) is 50.1. The van der Waals surface area contributed by atoms with Crippen LogP contribution in [-0.2, 0) is 32.7 Å². The van der Waals surface area contributed by atoms with E-state index in [1.165, 1.54) is 38.5 Å². The first-order chi connectivity index (χ1) is 28.4. The molecule has 14 heteroatoms. The maximum atomic E-state index is 12.8. The third-order valence-corrected chi connectivity index (χ3v) is 11.1. The molecular formula is C45H79O13P. The van der Waals surface area contributed by atoms with Gasteiger partial charge in [-0.2, -0.15) is 0 Å². The second-order valence-electron chi connectivity index (χ2n) is 15.5. The average Bonchev–Trinajstić information content (AvgIpc) is 3.21. The lowest BCUT2D eigenvalue weighted by molar-refractivity contribution is -0.220. The number of phosphoric ester groups is 1. The number of hydrogen-bond donors (Lipinski definition) is 6. The van der Waals surface area contributed by atoms with Crippen molar-refractivity contribution in [3.05, 3.63) is 48.6 Å². The Hall–Kier alpha value is -2.19. The van der Waals surface area contributed by atoms with E-state index >= 15 is 0 Å². The molecule has 1 fully saturated rings. The quantitative estimate of drug-likeness (QED) is 0.0152. The number of hydrogen-bond acceptors (Lipinski definition) is 12. The predicted molar refractivity (Wildman–Crippen MR) is 230 cm³/mol. The molecule has 0 aromatic rings. The van der Waals surface area contributed by atoms with Gasteiger partial charge in [0.2, 0.25) is 0 Å². The van der Waals surface area contributed by atoms with Crippen LogP contribution >= 0.6 is 7.82 Å². The first-order valence-electron chi connectivity index (χ1n) is 22.4. The van der Waals surface area contributed by atoms with Crippen LogP contribution in [0.15, 0.2) is 48.6 Å². The molecule has 0 heterocycles. The number of phosphoric acid groups is 1. The zero-order valence-corrected chi connectivity index (χ0v) is 36.9. The summed E-state index contributed by atoms with van der Waals surface area (Å²) in [7, 11) is -5.12. The molecule has 342 valence electrons. The normalized spacial score (nSPS) is 22.8. The van der Waals surface area contributed by atoms with E-state index in [1.54, 1.807) is 0 Å². The first kappa shape index (κ1) is 54.8. The Morgan fingerprint density at radius 3 is 1.49 bits per heavy atom. The third-order valence-electron chi connectivity index (χ3n) is 10.2. The molecule has 1 rings (SSSR count). The van der Waals surface area contributed by atoms with Gasteiger partial charge in [0.15, 0.2) is 6.10 Å². The molecule has 0 aliphatic heterocycles.